The van der Waals surface area contributed by atoms with Crippen LogP contribution in [0.1, 0.15) is 19.8 Å². The average Bonchev–Trinajstić information content (AvgIpc) is 2.22. The predicted molar refractivity (Wildman–Crippen MR) is 62.3 cm³/mol. The van der Waals surface area contributed by atoms with Gasteiger partial charge in [-0.05, 0) is 45.6 Å². The Bertz CT molecular complexity index is 108. The number of nitrogens with zero attached hydrogens (tertiary/aromatic N) is 1. The van der Waals surface area contributed by atoms with E-state index in [0.29, 0.717) is 0 Å². The maximum absolute atomic E-state index is 5.47. The second-order valence-corrected chi connectivity index (χ2v) is 3.47. The summed E-state index contributed by atoms with van der Waals surface area (Å²) >= 11 is 0. The van der Waals surface area contributed by atoms with Crippen molar-refractivity contribution in [2.75, 3.05) is 45.8 Å². The molecule has 0 aromatic rings. The quantitative estimate of drug-likeness (QED) is 0.422. The van der Waals surface area contributed by atoms with Crippen molar-refractivity contribution >= 4 is 0 Å². The van der Waals surface area contributed by atoms with Crippen LogP contribution in [0.4, 0.5) is 0 Å². The van der Waals surface area contributed by atoms with Crippen LogP contribution >= 0.6 is 0 Å². The van der Waals surface area contributed by atoms with Gasteiger partial charge in [-0.2, -0.15) is 0 Å². The summed E-state index contributed by atoms with van der Waals surface area (Å²) in [6.45, 7) is 9.18. The molecule has 0 aliphatic heterocycles. The lowest BCUT2D eigenvalue weighted by Gasteiger charge is -2.19. The molecule has 0 spiro atoms. The van der Waals surface area contributed by atoms with Gasteiger partial charge in [0.15, 0.2) is 0 Å². The third-order valence-corrected chi connectivity index (χ3v) is 2.29. The first-order valence-electron chi connectivity index (χ1n) is 5.68. The molecule has 0 saturated heterocycles. The van der Waals surface area contributed by atoms with Crippen LogP contribution in [-0.2, 0) is 0 Å². The molecular formula is C10H26N4. The minimum absolute atomic E-state index is 0.775. The van der Waals surface area contributed by atoms with E-state index in [9.17, 15) is 0 Å². The Labute approximate surface area is 88.0 Å². The van der Waals surface area contributed by atoms with Gasteiger partial charge in [0.05, 0.1) is 0 Å². The highest BCUT2D eigenvalue weighted by molar-refractivity contribution is 4.58. The van der Waals surface area contributed by atoms with Crippen LogP contribution in [0.5, 0.6) is 0 Å². The van der Waals surface area contributed by atoms with E-state index >= 15 is 0 Å². The van der Waals surface area contributed by atoms with Gasteiger partial charge in [-0.1, -0.05) is 6.92 Å². The maximum Gasteiger partial charge on any atom is 0.0107 e. The molecule has 0 unspecified atom stereocenters. The summed E-state index contributed by atoms with van der Waals surface area (Å²) in [6.07, 6.45) is 2.16. The second-order valence-electron chi connectivity index (χ2n) is 3.47. The lowest BCUT2D eigenvalue weighted by atomic mass is 10.3. The molecule has 5 N–H and O–H groups in total. The van der Waals surface area contributed by atoms with Gasteiger partial charge in [-0.3, -0.25) is 0 Å². The van der Waals surface area contributed by atoms with E-state index in [1.165, 1.54) is 0 Å². The fraction of sp³-hybridized carbons (Fsp3) is 1.00. The molecule has 14 heavy (non-hydrogen) atoms. The molecule has 0 radical (unpaired) electrons. The molecule has 0 aliphatic rings. The van der Waals surface area contributed by atoms with E-state index in [1.54, 1.807) is 0 Å². The van der Waals surface area contributed by atoms with Gasteiger partial charge < -0.3 is 21.7 Å². The number of nitrogens with two attached hydrogens (primary N) is 2. The van der Waals surface area contributed by atoms with Crippen molar-refractivity contribution in [1.82, 2.24) is 10.2 Å². The average molecular weight is 202 g/mol. The third kappa shape index (κ3) is 8.44. The highest BCUT2D eigenvalue weighted by Gasteiger charge is 1.99. The lowest BCUT2D eigenvalue weighted by Crippen LogP contribution is -2.34. The first-order valence-corrected chi connectivity index (χ1v) is 5.68. The number of hydrogen-bond acceptors (Lipinski definition) is 4. The Kier molecular flexibility index (Phi) is 10.8. The summed E-state index contributed by atoms with van der Waals surface area (Å²) in [6, 6.07) is 0. The Morgan fingerprint density at radius 3 is 2.29 bits per heavy atom. The van der Waals surface area contributed by atoms with E-state index in [-0.39, 0.29) is 0 Å². The van der Waals surface area contributed by atoms with Gasteiger partial charge in [0, 0.05) is 13.1 Å². The van der Waals surface area contributed by atoms with Crippen LogP contribution in [0.15, 0.2) is 0 Å². The van der Waals surface area contributed by atoms with E-state index in [1.807, 2.05) is 0 Å². The fourth-order valence-corrected chi connectivity index (χ4v) is 1.33. The molecule has 0 aromatic heterocycles. The van der Waals surface area contributed by atoms with Crippen molar-refractivity contribution in [2.24, 2.45) is 11.5 Å². The fourth-order valence-electron chi connectivity index (χ4n) is 1.33. The van der Waals surface area contributed by atoms with E-state index in [2.05, 4.69) is 17.1 Å². The summed E-state index contributed by atoms with van der Waals surface area (Å²) in [4.78, 5) is 2.42. The molecule has 86 valence electrons. The zero-order chi connectivity index (χ0) is 10.6. The summed E-state index contributed by atoms with van der Waals surface area (Å²) < 4.78 is 0. The maximum atomic E-state index is 5.47. The molecule has 0 fully saturated rings. The van der Waals surface area contributed by atoms with Crippen LogP contribution in [-0.4, -0.2) is 50.7 Å². The Morgan fingerprint density at radius 2 is 1.71 bits per heavy atom. The minimum Gasteiger partial charge on any atom is -0.330 e. The smallest absolute Gasteiger partial charge is 0.0107 e. The van der Waals surface area contributed by atoms with Crippen molar-refractivity contribution < 1.29 is 0 Å². The Hall–Kier alpha value is -0.160. The van der Waals surface area contributed by atoms with Crippen molar-refractivity contribution in [3.8, 4) is 0 Å². The Balaban J connectivity index is 3.24. The second kappa shape index (κ2) is 10.9. The van der Waals surface area contributed by atoms with Gasteiger partial charge in [-0.15, -0.1) is 0 Å². The summed E-state index contributed by atoms with van der Waals surface area (Å²) in [7, 11) is 0. The van der Waals surface area contributed by atoms with E-state index in [0.717, 1.165) is 58.7 Å². The largest absolute Gasteiger partial charge is 0.330 e. The molecule has 0 saturated carbocycles. The topological polar surface area (TPSA) is 67.3 Å². The van der Waals surface area contributed by atoms with Crippen molar-refractivity contribution in [3.63, 3.8) is 0 Å². The number of rotatable bonds is 10. The zero-order valence-electron chi connectivity index (χ0n) is 9.47. The van der Waals surface area contributed by atoms with Crippen LogP contribution in [0.3, 0.4) is 0 Å². The lowest BCUT2D eigenvalue weighted by molar-refractivity contribution is 0.285. The minimum atomic E-state index is 0.775. The van der Waals surface area contributed by atoms with Gasteiger partial charge >= 0.3 is 0 Å². The zero-order valence-corrected chi connectivity index (χ0v) is 9.47. The highest BCUT2D eigenvalue weighted by atomic mass is 15.1. The molecule has 0 aromatic carbocycles. The number of hydrogen-bond donors (Lipinski definition) is 3. The molecule has 0 bridgehead atoms. The van der Waals surface area contributed by atoms with Crippen LogP contribution < -0.4 is 16.8 Å². The first-order chi connectivity index (χ1) is 6.85. The summed E-state index contributed by atoms with van der Waals surface area (Å²) in [5.74, 6) is 0. The molecule has 4 nitrogen and oxygen atoms in total. The molecule has 0 atom stereocenters. The predicted octanol–water partition coefficient (Wildman–Crippen LogP) is -0.404. The normalized spacial score (nSPS) is 11.1. The molecule has 0 amide bonds. The molecule has 0 aliphatic carbocycles. The van der Waals surface area contributed by atoms with Gasteiger partial charge in [0.25, 0.3) is 0 Å². The van der Waals surface area contributed by atoms with Gasteiger partial charge in [-0.25, -0.2) is 0 Å². The summed E-state index contributed by atoms with van der Waals surface area (Å²) in [5, 5.41) is 3.37. The van der Waals surface area contributed by atoms with Crippen molar-refractivity contribution in [3.05, 3.63) is 0 Å². The first kappa shape index (κ1) is 13.8. The van der Waals surface area contributed by atoms with E-state index in [4.69, 9.17) is 11.5 Å². The standard InChI is InChI=1S/C10H26N4/c1-2-14(9-4-6-12)10-8-13-7-3-5-11/h13H,2-12H2,1H3. The molecule has 0 heterocycles. The SMILES string of the molecule is CCN(CCCN)CCNCCCN. The monoisotopic (exact) mass is 202 g/mol. The highest BCUT2D eigenvalue weighted by Crippen LogP contribution is 1.88. The molecular weight excluding hydrogens is 176 g/mol. The van der Waals surface area contributed by atoms with Crippen molar-refractivity contribution in [1.29, 1.82) is 0 Å². The van der Waals surface area contributed by atoms with Gasteiger partial charge in [0.1, 0.15) is 0 Å². The third-order valence-electron chi connectivity index (χ3n) is 2.29. The van der Waals surface area contributed by atoms with Crippen LogP contribution in [0.2, 0.25) is 0 Å². The summed E-state index contributed by atoms with van der Waals surface area (Å²) in [5.41, 5.74) is 10.9. The number of likely N-dealkylation sites (N-methyl/N-ethyl adjacent to an activating group) is 1. The van der Waals surface area contributed by atoms with Crippen molar-refractivity contribution in [2.45, 2.75) is 19.8 Å². The number of nitrogens with one attached hydrogen (secondary N) is 1. The van der Waals surface area contributed by atoms with E-state index < -0.39 is 0 Å². The van der Waals surface area contributed by atoms with Crippen LogP contribution in [0, 0.1) is 0 Å². The molecule has 0 rings (SSSR count). The van der Waals surface area contributed by atoms with Crippen LogP contribution in [0.25, 0.3) is 0 Å². The molecule has 4 heteroatoms. The Morgan fingerprint density at radius 1 is 1.00 bits per heavy atom. The van der Waals surface area contributed by atoms with Gasteiger partial charge in [0.2, 0.25) is 0 Å².